The van der Waals surface area contributed by atoms with E-state index in [0.717, 1.165) is 6.54 Å². The molecule has 0 aliphatic rings. The Kier molecular flexibility index (Phi) is 3.32. The van der Waals surface area contributed by atoms with Gasteiger partial charge < -0.3 is 5.73 Å². The van der Waals surface area contributed by atoms with Gasteiger partial charge in [-0.2, -0.15) is 5.10 Å². The average Bonchev–Trinajstić information content (AvgIpc) is 2.52. The normalized spacial score (nSPS) is 12.4. The molecule has 0 aliphatic carbocycles. The predicted octanol–water partition coefficient (Wildman–Crippen LogP) is 1.78. The zero-order chi connectivity index (χ0) is 10.8. The lowest BCUT2D eigenvalue weighted by Crippen LogP contribution is -2.31. The minimum absolute atomic E-state index is 0.0192. The summed E-state index contributed by atoms with van der Waals surface area (Å²) in [6, 6.07) is 2.06. The van der Waals surface area contributed by atoms with E-state index in [4.69, 9.17) is 5.73 Å². The SMILES string of the molecule is CC(C)Cn1nccc1C(C)(C)CN. The fourth-order valence-corrected chi connectivity index (χ4v) is 1.50. The van der Waals surface area contributed by atoms with Crippen molar-refractivity contribution in [3.63, 3.8) is 0 Å². The van der Waals surface area contributed by atoms with Gasteiger partial charge in [-0.05, 0) is 12.0 Å². The van der Waals surface area contributed by atoms with E-state index in [1.165, 1.54) is 5.69 Å². The lowest BCUT2D eigenvalue weighted by molar-refractivity contribution is 0.416. The maximum absolute atomic E-state index is 5.76. The summed E-state index contributed by atoms with van der Waals surface area (Å²) in [6.07, 6.45) is 1.86. The number of hydrogen-bond acceptors (Lipinski definition) is 2. The van der Waals surface area contributed by atoms with Gasteiger partial charge in [0.1, 0.15) is 0 Å². The summed E-state index contributed by atoms with van der Waals surface area (Å²) in [4.78, 5) is 0. The van der Waals surface area contributed by atoms with Gasteiger partial charge in [-0.1, -0.05) is 27.7 Å². The standard InChI is InChI=1S/C11H21N3/c1-9(2)7-14-10(5-6-13-14)11(3,4)8-12/h5-6,9H,7-8,12H2,1-4H3. The zero-order valence-electron chi connectivity index (χ0n) is 9.62. The lowest BCUT2D eigenvalue weighted by Gasteiger charge is -2.24. The van der Waals surface area contributed by atoms with E-state index < -0.39 is 0 Å². The van der Waals surface area contributed by atoms with Gasteiger partial charge in [0.05, 0.1) is 0 Å². The molecule has 1 aromatic heterocycles. The van der Waals surface area contributed by atoms with Crippen LogP contribution in [0.2, 0.25) is 0 Å². The maximum atomic E-state index is 5.76. The molecule has 14 heavy (non-hydrogen) atoms. The van der Waals surface area contributed by atoms with Crippen molar-refractivity contribution in [2.24, 2.45) is 11.7 Å². The first-order valence-corrected chi connectivity index (χ1v) is 5.19. The van der Waals surface area contributed by atoms with Crippen molar-refractivity contribution < 1.29 is 0 Å². The van der Waals surface area contributed by atoms with Gasteiger partial charge in [0.2, 0.25) is 0 Å². The largest absolute Gasteiger partial charge is 0.330 e. The number of nitrogens with two attached hydrogens (primary N) is 1. The molecule has 3 heteroatoms. The molecule has 0 fully saturated rings. The van der Waals surface area contributed by atoms with Crippen LogP contribution in [0.5, 0.6) is 0 Å². The molecule has 0 amide bonds. The van der Waals surface area contributed by atoms with Crippen LogP contribution in [0.3, 0.4) is 0 Å². The third-order valence-corrected chi connectivity index (χ3v) is 2.46. The van der Waals surface area contributed by atoms with E-state index in [1.807, 2.05) is 6.20 Å². The highest BCUT2D eigenvalue weighted by molar-refractivity contribution is 5.14. The topological polar surface area (TPSA) is 43.8 Å². The van der Waals surface area contributed by atoms with Crippen LogP contribution < -0.4 is 5.73 Å². The zero-order valence-corrected chi connectivity index (χ0v) is 9.62. The fraction of sp³-hybridized carbons (Fsp3) is 0.727. The molecule has 0 bridgehead atoms. The fourth-order valence-electron chi connectivity index (χ4n) is 1.50. The van der Waals surface area contributed by atoms with Gasteiger partial charge >= 0.3 is 0 Å². The molecule has 1 aromatic rings. The van der Waals surface area contributed by atoms with Crippen LogP contribution >= 0.6 is 0 Å². The summed E-state index contributed by atoms with van der Waals surface area (Å²) in [5.41, 5.74) is 7.01. The molecule has 0 unspecified atom stereocenters. The first-order valence-electron chi connectivity index (χ1n) is 5.19. The summed E-state index contributed by atoms with van der Waals surface area (Å²) in [5, 5.41) is 4.33. The van der Waals surface area contributed by atoms with E-state index in [1.54, 1.807) is 0 Å². The highest BCUT2D eigenvalue weighted by atomic mass is 15.3. The van der Waals surface area contributed by atoms with E-state index in [0.29, 0.717) is 12.5 Å². The van der Waals surface area contributed by atoms with Crippen molar-refractivity contribution in [3.8, 4) is 0 Å². The number of rotatable bonds is 4. The molecule has 1 rings (SSSR count). The molecule has 1 heterocycles. The molecule has 80 valence electrons. The quantitative estimate of drug-likeness (QED) is 0.795. The van der Waals surface area contributed by atoms with Gasteiger partial charge in [0, 0.05) is 30.4 Å². The summed E-state index contributed by atoms with van der Waals surface area (Å²) in [5.74, 6) is 0.613. The molecule has 0 spiro atoms. The molecule has 2 N–H and O–H groups in total. The van der Waals surface area contributed by atoms with Gasteiger partial charge in [0.15, 0.2) is 0 Å². The molecule has 0 aliphatic heterocycles. The van der Waals surface area contributed by atoms with Crippen molar-refractivity contribution in [3.05, 3.63) is 18.0 Å². The minimum atomic E-state index is 0.0192. The van der Waals surface area contributed by atoms with Crippen LogP contribution in [-0.2, 0) is 12.0 Å². The summed E-state index contributed by atoms with van der Waals surface area (Å²) in [7, 11) is 0. The first-order chi connectivity index (χ1) is 6.47. The van der Waals surface area contributed by atoms with Crippen molar-refractivity contribution >= 4 is 0 Å². The van der Waals surface area contributed by atoms with E-state index in [9.17, 15) is 0 Å². The first kappa shape index (κ1) is 11.2. The molecular formula is C11H21N3. The second-order valence-corrected chi connectivity index (χ2v) is 4.88. The van der Waals surface area contributed by atoms with E-state index in [2.05, 4.69) is 43.5 Å². The Labute approximate surface area is 86.3 Å². The Morgan fingerprint density at radius 1 is 1.50 bits per heavy atom. The summed E-state index contributed by atoms with van der Waals surface area (Å²) >= 11 is 0. The van der Waals surface area contributed by atoms with Gasteiger partial charge in [0.25, 0.3) is 0 Å². The summed E-state index contributed by atoms with van der Waals surface area (Å²) < 4.78 is 2.07. The number of nitrogens with zero attached hydrogens (tertiary/aromatic N) is 2. The van der Waals surface area contributed by atoms with Crippen molar-refractivity contribution in [1.29, 1.82) is 0 Å². The predicted molar refractivity (Wildman–Crippen MR) is 59.1 cm³/mol. The molecule has 3 nitrogen and oxygen atoms in total. The summed E-state index contributed by atoms with van der Waals surface area (Å²) in [6.45, 7) is 10.3. The van der Waals surface area contributed by atoms with Crippen LogP contribution in [0.25, 0.3) is 0 Å². The molecule has 0 radical (unpaired) electrons. The van der Waals surface area contributed by atoms with E-state index >= 15 is 0 Å². The average molecular weight is 195 g/mol. The third-order valence-electron chi connectivity index (χ3n) is 2.46. The molecule has 0 saturated carbocycles. The van der Waals surface area contributed by atoms with Crippen LogP contribution in [0.4, 0.5) is 0 Å². The van der Waals surface area contributed by atoms with Crippen LogP contribution in [-0.4, -0.2) is 16.3 Å². The Bertz CT molecular complexity index is 286. The molecular weight excluding hydrogens is 174 g/mol. The van der Waals surface area contributed by atoms with Crippen LogP contribution in [0, 0.1) is 5.92 Å². The number of aromatic nitrogens is 2. The molecule has 0 atom stereocenters. The second kappa shape index (κ2) is 4.13. The second-order valence-electron chi connectivity index (χ2n) is 4.88. The molecule has 0 saturated heterocycles. The van der Waals surface area contributed by atoms with Gasteiger partial charge in [-0.25, -0.2) is 0 Å². The van der Waals surface area contributed by atoms with Crippen molar-refractivity contribution in [1.82, 2.24) is 9.78 Å². The highest BCUT2D eigenvalue weighted by Crippen LogP contribution is 2.21. The monoisotopic (exact) mass is 195 g/mol. The Morgan fingerprint density at radius 3 is 2.64 bits per heavy atom. The van der Waals surface area contributed by atoms with Crippen molar-refractivity contribution in [2.75, 3.05) is 6.54 Å². The Hall–Kier alpha value is -0.830. The van der Waals surface area contributed by atoms with Gasteiger partial charge in [-0.3, -0.25) is 4.68 Å². The molecule has 0 aromatic carbocycles. The number of hydrogen-bond donors (Lipinski definition) is 1. The smallest absolute Gasteiger partial charge is 0.0492 e. The van der Waals surface area contributed by atoms with Crippen LogP contribution in [0.15, 0.2) is 12.3 Å². The van der Waals surface area contributed by atoms with Crippen molar-refractivity contribution in [2.45, 2.75) is 39.7 Å². The van der Waals surface area contributed by atoms with Crippen LogP contribution in [0.1, 0.15) is 33.4 Å². The van der Waals surface area contributed by atoms with E-state index in [-0.39, 0.29) is 5.41 Å². The third kappa shape index (κ3) is 2.35. The highest BCUT2D eigenvalue weighted by Gasteiger charge is 2.22. The lowest BCUT2D eigenvalue weighted by atomic mass is 9.89. The Morgan fingerprint density at radius 2 is 2.14 bits per heavy atom. The minimum Gasteiger partial charge on any atom is -0.330 e. The Balaban J connectivity index is 2.92. The van der Waals surface area contributed by atoms with Gasteiger partial charge in [-0.15, -0.1) is 0 Å². The maximum Gasteiger partial charge on any atom is 0.0492 e.